The maximum atomic E-state index is 12.5. The van der Waals surface area contributed by atoms with Crippen molar-refractivity contribution in [3.63, 3.8) is 0 Å². The summed E-state index contributed by atoms with van der Waals surface area (Å²) in [7, 11) is 0. The van der Waals surface area contributed by atoms with Crippen molar-refractivity contribution in [1.29, 1.82) is 0 Å². The second-order valence-corrected chi connectivity index (χ2v) is 11.2. The van der Waals surface area contributed by atoms with Crippen molar-refractivity contribution >= 4 is 22.9 Å². The fraction of sp³-hybridized carbons (Fsp3) is 0.250. The van der Waals surface area contributed by atoms with Crippen LogP contribution in [0.2, 0.25) is 0 Å². The maximum Gasteiger partial charge on any atom is 0.320 e. The van der Waals surface area contributed by atoms with Crippen molar-refractivity contribution in [3.05, 3.63) is 137 Å². The Morgan fingerprint density at radius 3 is 2.18 bits per heavy atom. The molecule has 8 nitrogen and oxygen atoms in total. The number of hydroxylamine groups is 1. The summed E-state index contributed by atoms with van der Waals surface area (Å²) in [6.45, 7) is 3.30. The molecular weight excluding hydrogens is 552 g/mol. The number of piperidine rings is 1. The molecule has 1 saturated heterocycles. The topological polar surface area (TPSA) is 85.7 Å². The number of aromatic nitrogens is 2. The van der Waals surface area contributed by atoms with Gasteiger partial charge in [-0.1, -0.05) is 72.8 Å². The molecule has 0 aliphatic carbocycles. The molecule has 0 saturated carbocycles. The quantitative estimate of drug-likeness (QED) is 0.154. The molecule has 1 amide bonds. The van der Waals surface area contributed by atoms with Gasteiger partial charge in [-0.2, -0.15) is 0 Å². The van der Waals surface area contributed by atoms with Crippen LogP contribution in [0.4, 0.5) is 0 Å². The van der Waals surface area contributed by atoms with Crippen molar-refractivity contribution in [2.24, 2.45) is 0 Å². The van der Waals surface area contributed by atoms with Gasteiger partial charge in [0.2, 0.25) is 0 Å². The number of hydrogen-bond acceptors (Lipinski definition) is 6. The fourth-order valence-corrected chi connectivity index (χ4v) is 5.74. The van der Waals surface area contributed by atoms with Crippen molar-refractivity contribution in [3.8, 4) is 0 Å². The van der Waals surface area contributed by atoms with Gasteiger partial charge in [-0.05, 0) is 78.4 Å². The third kappa shape index (κ3) is 7.40. The molecule has 1 N–H and O–H groups in total. The second-order valence-electron chi connectivity index (χ2n) is 11.2. The average molecular weight is 589 g/mol. The number of nitrogens with one attached hydrogen (secondary N) is 1. The fourth-order valence-electron chi connectivity index (χ4n) is 5.74. The van der Waals surface area contributed by atoms with Gasteiger partial charge in [0.15, 0.2) is 0 Å². The Labute approximate surface area is 257 Å². The van der Waals surface area contributed by atoms with Gasteiger partial charge in [-0.15, -0.1) is 0 Å². The first-order chi connectivity index (χ1) is 21.6. The zero-order chi connectivity index (χ0) is 30.1. The summed E-state index contributed by atoms with van der Waals surface area (Å²) in [5, 5.41) is 1.17. The van der Waals surface area contributed by atoms with Crippen LogP contribution in [-0.2, 0) is 34.1 Å². The zero-order valence-electron chi connectivity index (χ0n) is 24.6. The number of carbonyl (C=O) groups is 2. The van der Waals surface area contributed by atoms with Crippen LogP contribution in [0.3, 0.4) is 0 Å². The van der Waals surface area contributed by atoms with Gasteiger partial charge < -0.3 is 9.30 Å². The molecule has 5 aromatic rings. The van der Waals surface area contributed by atoms with Crippen LogP contribution in [0, 0.1) is 0 Å². The lowest BCUT2D eigenvalue weighted by Crippen LogP contribution is -2.37. The number of benzene rings is 3. The minimum Gasteiger partial charge on any atom is -0.460 e. The van der Waals surface area contributed by atoms with E-state index in [1.165, 1.54) is 10.9 Å². The van der Waals surface area contributed by atoms with Gasteiger partial charge in [-0.3, -0.25) is 19.3 Å². The molecule has 8 heteroatoms. The minimum absolute atomic E-state index is 0.180. The van der Waals surface area contributed by atoms with Crippen LogP contribution in [0.15, 0.2) is 109 Å². The monoisotopic (exact) mass is 588 g/mol. The highest BCUT2D eigenvalue weighted by Crippen LogP contribution is 2.33. The molecule has 1 aliphatic rings. The molecule has 6 rings (SSSR count). The van der Waals surface area contributed by atoms with E-state index in [-0.39, 0.29) is 11.9 Å². The number of rotatable bonds is 11. The molecule has 3 aromatic carbocycles. The van der Waals surface area contributed by atoms with E-state index in [1.54, 1.807) is 0 Å². The summed E-state index contributed by atoms with van der Waals surface area (Å²) in [5.74, 6) is -0.0455. The van der Waals surface area contributed by atoms with Gasteiger partial charge in [0.25, 0.3) is 5.91 Å². The van der Waals surface area contributed by atoms with E-state index in [2.05, 4.69) is 33.3 Å². The zero-order valence-corrected chi connectivity index (χ0v) is 24.6. The Morgan fingerprint density at radius 2 is 1.48 bits per heavy atom. The standard InChI is InChI=1S/C36H36N4O4/c41-34(43-25-28-7-3-1-4-8-28)24-39-20-16-30(17-21-39)32-15-19-37-35-33(32)18-22-40(35)23-27-11-13-31(14-12-27)36(42)38-44-26-29-9-5-2-6-10-29/h1-15,18-19,22,30H,16-17,20-21,23-26H2,(H,38,42). The van der Waals surface area contributed by atoms with Gasteiger partial charge in [0.1, 0.15) is 12.3 Å². The lowest BCUT2D eigenvalue weighted by molar-refractivity contribution is -0.146. The number of nitrogens with zero attached hydrogens (tertiary/aromatic N) is 3. The minimum atomic E-state index is -0.277. The van der Waals surface area contributed by atoms with Gasteiger partial charge in [0, 0.05) is 29.9 Å². The summed E-state index contributed by atoms with van der Waals surface area (Å²) in [4.78, 5) is 37.2. The Bertz CT molecular complexity index is 1680. The first kappa shape index (κ1) is 29.3. The first-order valence-corrected chi connectivity index (χ1v) is 15.0. The third-order valence-corrected chi connectivity index (χ3v) is 8.13. The largest absolute Gasteiger partial charge is 0.460 e. The highest BCUT2D eigenvalue weighted by molar-refractivity contribution is 5.93. The Hall–Kier alpha value is -4.79. The van der Waals surface area contributed by atoms with Crippen LogP contribution in [0.1, 0.15) is 51.4 Å². The second kappa shape index (κ2) is 14.1. The Kier molecular flexibility index (Phi) is 9.40. The lowest BCUT2D eigenvalue weighted by Gasteiger charge is -2.31. The molecule has 0 radical (unpaired) electrons. The molecule has 3 heterocycles. The molecule has 0 atom stereocenters. The third-order valence-electron chi connectivity index (χ3n) is 8.13. The van der Waals surface area contributed by atoms with Crippen LogP contribution < -0.4 is 5.48 Å². The van der Waals surface area contributed by atoms with Crippen molar-refractivity contribution in [1.82, 2.24) is 19.9 Å². The van der Waals surface area contributed by atoms with E-state index in [0.29, 0.717) is 37.8 Å². The first-order valence-electron chi connectivity index (χ1n) is 15.0. The number of fused-ring (bicyclic) bond motifs is 1. The summed E-state index contributed by atoms with van der Waals surface area (Å²) in [6, 6.07) is 31.3. The number of pyridine rings is 1. The molecule has 44 heavy (non-hydrogen) atoms. The van der Waals surface area contributed by atoms with Crippen molar-refractivity contribution in [2.75, 3.05) is 19.6 Å². The predicted octanol–water partition coefficient (Wildman–Crippen LogP) is 5.87. The van der Waals surface area contributed by atoms with Gasteiger partial charge >= 0.3 is 5.97 Å². The summed E-state index contributed by atoms with van der Waals surface area (Å²) < 4.78 is 7.63. The molecule has 0 spiro atoms. The Morgan fingerprint density at radius 1 is 0.795 bits per heavy atom. The van der Waals surface area contributed by atoms with E-state index in [0.717, 1.165) is 48.3 Å². The summed E-state index contributed by atoms with van der Waals surface area (Å²) in [6.07, 6.45) is 5.94. The van der Waals surface area contributed by atoms with E-state index in [9.17, 15) is 9.59 Å². The van der Waals surface area contributed by atoms with E-state index >= 15 is 0 Å². The molecule has 1 aliphatic heterocycles. The lowest BCUT2D eigenvalue weighted by atomic mass is 9.88. The number of esters is 1. The van der Waals surface area contributed by atoms with E-state index < -0.39 is 0 Å². The highest BCUT2D eigenvalue weighted by Gasteiger charge is 2.24. The molecular formula is C36H36N4O4. The van der Waals surface area contributed by atoms with E-state index in [1.807, 2.05) is 91.1 Å². The molecule has 0 unspecified atom stereocenters. The van der Waals surface area contributed by atoms with Crippen LogP contribution >= 0.6 is 0 Å². The summed E-state index contributed by atoms with van der Waals surface area (Å²) >= 11 is 0. The SMILES string of the molecule is O=C(CN1CCC(c2ccnc3c2ccn3Cc2ccc(C(=O)NOCc3ccccc3)cc2)CC1)OCc1ccccc1. The predicted molar refractivity (Wildman–Crippen MR) is 169 cm³/mol. The van der Waals surface area contributed by atoms with Crippen LogP contribution in [0.5, 0.6) is 0 Å². The highest BCUT2D eigenvalue weighted by atomic mass is 16.6. The number of ether oxygens (including phenoxy) is 1. The number of amides is 1. The molecule has 2 aromatic heterocycles. The van der Waals surface area contributed by atoms with Crippen LogP contribution in [-0.4, -0.2) is 46.0 Å². The number of carbonyl (C=O) groups excluding carboxylic acids is 2. The molecule has 0 bridgehead atoms. The Balaban J connectivity index is 1.01. The van der Waals surface area contributed by atoms with Gasteiger partial charge in [0.05, 0.1) is 13.2 Å². The molecule has 1 fully saturated rings. The summed E-state index contributed by atoms with van der Waals surface area (Å²) in [5.41, 5.74) is 8.37. The maximum absolute atomic E-state index is 12.5. The smallest absolute Gasteiger partial charge is 0.320 e. The average Bonchev–Trinajstić information content (AvgIpc) is 3.48. The number of hydrogen-bond donors (Lipinski definition) is 1. The van der Waals surface area contributed by atoms with Gasteiger partial charge in [-0.25, -0.2) is 10.5 Å². The number of likely N-dealkylation sites (tertiary alicyclic amines) is 1. The van der Waals surface area contributed by atoms with Crippen LogP contribution in [0.25, 0.3) is 11.0 Å². The van der Waals surface area contributed by atoms with E-state index in [4.69, 9.17) is 14.6 Å². The van der Waals surface area contributed by atoms with Crippen molar-refractivity contribution < 1.29 is 19.2 Å². The van der Waals surface area contributed by atoms with Crippen molar-refractivity contribution in [2.45, 2.75) is 38.5 Å². The molecule has 224 valence electrons. The normalized spacial score (nSPS) is 14.0.